The normalized spacial score (nSPS) is 9.76. The Kier molecular flexibility index (Phi) is 4.45. The third kappa shape index (κ3) is 4.50. The van der Waals surface area contributed by atoms with Gasteiger partial charge in [0.15, 0.2) is 0 Å². The molecule has 17 heavy (non-hydrogen) atoms. The van der Waals surface area contributed by atoms with Crippen LogP contribution >= 0.6 is 0 Å². The number of hydrogen-bond donors (Lipinski definition) is 3. The molecule has 0 atom stereocenters. The number of halogens is 1. The Morgan fingerprint density at radius 3 is 2.88 bits per heavy atom. The second-order valence-electron chi connectivity index (χ2n) is 3.64. The van der Waals surface area contributed by atoms with E-state index in [9.17, 15) is 9.18 Å². The minimum Gasteiger partial charge on any atom is -0.388 e. The number of urea groups is 1. The van der Waals surface area contributed by atoms with Gasteiger partial charge in [-0.1, -0.05) is 6.07 Å². The van der Waals surface area contributed by atoms with Crippen LogP contribution in [-0.4, -0.2) is 30.4 Å². The number of anilines is 1. The number of benzene rings is 1. The number of hydrogen-bond acceptors (Lipinski definition) is 2. The number of nitrogens with one attached hydrogen (secondary N) is 2. The highest BCUT2D eigenvalue weighted by molar-refractivity contribution is 5.89. The summed E-state index contributed by atoms with van der Waals surface area (Å²) in [6.07, 6.45) is 0.313. The largest absolute Gasteiger partial charge is 0.388 e. The van der Waals surface area contributed by atoms with E-state index in [-0.39, 0.29) is 11.9 Å². The molecule has 92 valence electrons. The van der Waals surface area contributed by atoms with E-state index >= 15 is 0 Å². The number of rotatable bonds is 4. The van der Waals surface area contributed by atoms with Crippen molar-refractivity contribution in [2.24, 2.45) is 5.73 Å². The Bertz CT molecular complexity index is 422. The summed E-state index contributed by atoms with van der Waals surface area (Å²) in [5.41, 5.74) is 5.58. The van der Waals surface area contributed by atoms with Gasteiger partial charge in [-0.15, -0.1) is 0 Å². The summed E-state index contributed by atoms with van der Waals surface area (Å²) >= 11 is 0. The van der Waals surface area contributed by atoms with Crippen molar-refractivity contribution in [1.29, 1.82) is 5.41 Å². The molecule has 0 aliphatic heterocycles. The Morgan fingerprint density at radius 2 is 2.29 bits per heavy atom. The number of amides is 2. The molecule has 0 heterocycles. The van der Waals surface area contributed by atoms with Crippen LogP contribution < -0.4 is 11.1 Å². The molecule has 0 saturated heterocycles. The molecule has 2 amide bonds. The van der Waals surface area contributed by atoms with Gasteiger partial charge in [-0.25, -0.2) is 9.18 Å². The molecular formula is C11H15FN4O. The van der Waals surface area contributed by atoms with Gasteiger partial charge in [0.2, 0.25) is 0 Å². The molecule has 0 radical (unpaired) electrons. The van der Waals surface area contributed by atoms with Crippen LogP contribution in [0.25, 0.3) is 0 Å². The monoisotopic (exact) mass is 238 g/mol. The van der Waals surface area contributed by atoms with Crippen LogP contribution in [0, 0.1) is 11.2 Å². The van der Waals surface area contributed by atoms with E-state index in [4.69, 9.17) is 11.1 Å². The maximum Gasteiger partial charge on any atom is 0.321 e. The van der Waals surface area contributed by atoms with Crippen molar-refractivity contribution in [2.75, 3.05) is 18.9 Å². The lowest BCUT2D eigenvalue weighted by atomic mass is 10.3. The molecule has 0 bridgehead atoms. The van der Waals surface area contributed by atoms with Gasteiger partial charge in [0.05, 0.1) is 5.84 Å². The average Bonchev–Trinajstić information content (AvgIpc) is 2.25. The van der Waals surface area contributed by atoms with Gasteiger partial charge < -0.3 is 16.0 Å². The van der Waals surface area contributed by atoms with Gasteiger partial charge >= 0.3 is 6.03 Å². The third-order valence-corrected chi connectivity index (χ3v) is 2.14. The third-order valence-electron chi connectivity index (χ3n) is 2.14. The summed E-state index contributed by atoms with van der Waals surface area (Å²) in [6, 6.07) is 5.28. The molecule has 0 unspecified atom stereocenters. The number of nitrogens with zero attached hydrogens (tertiary/aromatic N) is 1. The van der Waals surface area contributed by atoms with Crippen LogP contribution in [0.1, 0.15) is 6.42 Å². The van der Waals surface area contributed by atoms with Gasteiger partial charge in [-0.05, 0) is 18.2 Å². The second kappa shape index (κ2) is 5.83. The molecule has 1 aromatic carbocycles. The summed E-state index contributed by atoms with van der Waals surface area (Å²) in [5, 5.41) is 9.59. The lowest BCUT2D eigenvalue weighted by Gasteiger charge is -2.17. The van der Waals surface area contributed by atoms with Crippen LogP contribution in [0.5, 0.6) is 0 Å². The van der Waals surface area contributed by atoms with Gasteiger partial charge in [0.1, 0.15) is 5.82 Å². The standard InChI is InChI=1S/C11H15FN4O/c1-16(6-5-10(13)14)11(17)15-9-4-2-3-8(12)7-9/h2-4,7H,5-6H2,1H3,(H3,13,14)(H,15,17). The van der Waals surface area contributed by atoms with Gasteiger partial charge in [-0.2, -0.15) is 0 Å². The number of carbonyl (C=O) groups is 1. The number of amidine groups is 1. The minimum absolute atomic E-state index is 0.0235. The average molecular weight is 238 g/mol. The summed E-state index contributed by atoms with van der Waals surface area (Å²) in [6.45, 7) is 0.344. The zero-order chi connectivity index (χ0) is 12.8. The first kappa shape index (κ1) is 13.0. The van der Waals surface area contributed by atoms with Crippen LogP contribution in [0.15, 0.2) is 24.3 Å². The predicted molar refractivity (Wildman–Crippen MR) is 64.6 cm³/mol. The fraction of sp³-hybridized carbons (Fsp3) is 0.273. The molecule has 0 aliphatic rings. The highest BCUT2D eigenvalue weighted by Crippen LogP contribution is 2.09. The molecule has 0 aliphatic carbocycles. The molecule has 0 fully saturated rings. The van der Waals surface area contributed by atoms with E-state index in [1.165, 1.54) is 23.1 Å². The zero-order valence-electron chi connectivity index (χ0n) is 9.53. The summed E-state index contributed by atoms with van der Waals surface area (Å²) in [4.78, 5) is 13.0. The van der Waals surface area contributed by atoms with E-state index in [0.717, 1.165) is 0 Å². The van der Waals surface area contributed by atoms with Crippen molar-refractivity contribution in [3.63, 3.8) is 0 Å². The lowest BCUT2D eigenvalue weighted by Crippen LogP contribution is -2.33. The first-order chi connectivity index (χ1) is 7.99. The van der Waals surface area contributed by atoms with Crippen molar-refractivity contribution < 1.29 is 9.18 Å². The summed E-state index contributed by atoms with van der Waals surface area (Å²) in [7, 11) is 1.58. The first-order valence-electron chi connectivity index (χ1n) is 5.09. The topological polar surface area (TPSA) is 82.2 Å². The molecule has 4 N–H and O–H groups in total. The Morgan fingerprint density at radius 1 is 1.59 bits per heavy atom. The van der Waals surface area contributed by atoms with Crippen LogP contribution in [0.3, 0.4) is 0 Å². The molecule has 1 aromatic rings. The molecule has 6 heteroatoms. The van der Waals surface area contributed by atoms with E-state index < -0.39 is 5.82 Å². The van der Waals surface area contributed by atoms with Gasteiger partial charge in [0, 0.05) is 25.7 Å². The minimum atomic E-state index is -0.408. The summed E-state index contributed by atoms with van der Waals surface area (Å²) < 4.78 is 12.9. The Hall–Kier alpha value is -2.11. The molecule has 0 spiro atoms. The highest BCUT2D eigenvalue weighted by Gasteiger charge is 2.08. The fourth-order valence-corrected chi connectivity index (χ4v) is 1.17. The second-order valence-corrected chi connectivity index (χ2v) is 3.64. The van der Waals surface area contributed by atoms with Gasteiger partial charge in [-0.3, -0.25) is 5.41 Å². The molecule has 1 rings (SSSR count). The van der Waals surface area contributed by atoms with Crippen molar-refractivity contribution in [1.82, 2.24) is 4.90 Å². The number of nitrogens with two attached hydrogens (primary N) is 1. The van der Waals surface area contributed by atoms with Crippen molar-refractivity contribution >= 4 is 17.6 Å². The maximum atomic E-state index is 12.9. The fourth-order valence-electron chi connectivity index (χ4n) is 1.17. The smallest absolute Gasteiger partial charge is 0.321 e. The molecule has 0 aromatic heterocycles. The van der Waals surface area contributed by atoms with E-state index in [1.54, 1.807) is 13.1 Å². The van der Waals surface area contributed by atoms with Gasteiger partial charge in [0.25, 0.3) is 0 Å². The van der Waals surface area contributed by atoms with E-state index in [0.29, 0.717) is 18.7 Å². The molecule has 0 saturated carbocycles. The zero-order valence-corrected chi connectivity index (χ0v) is 9.53. The van der Waals surface area contributed by atoms with Crippen molar-refractivity contribution in [3.05, 3.63) is 30.1 Å². The SMILES string of the molecule is CN(CCC(=N)N)C(=O)Nc1cccc(F)c1. The molecular weight excluding hydrogens is 223 g/mol. The maximum absolute atomic E-state index is 12.9. The predicted octanol–water partition coefficient (Wildman–Crippen LogP) is 1.62. The molecule has 5 nitrogen and oxygen atoms in total. The quantitative estimate of drug-likeness (QED) is 0.550. The van der Waals surface area contributed by atoms with E-state index in [2.05, 4.69) is 5.32 Å². The van der Waals surface area contributed by atoms with E-state index in [1.807, 2.05) is 0 Å². The van der Waals surface area contributed by atoms with Crippen LogP contribution in [0.2, 0.25) is 0 Å². The van der Waals surface area contributed by atoms with Crippen molar-refractivity contribution in [2.45, 2.75) is 6.42 Å². The van der Waals surface area contributed by atoms with Crippen LogP contribution in [-0.2, 0) is 0 Å². The number of carbonyl (C=O) groups excluding carboxylic acids is 1. The Labute approximate surface area is 98.9 Å². The Balaban J connectivity index is 2.51. The lowest BCUT2D eigenvalue weighted by molar-refractivity contribution is 0.223. The summed E-state index contributed by atoms with van der Waals surface area (Å²) in [5.74, 6) is -0.385. The van der Waals surface area contributed by atoms with Crippen molar-refractivity contribution in [3.8, 4) is 0 Å². The van der Waals surface area contributed by atoms with Crippen LogP contribution in [0.4, 0.5) is 14.9 Å². The highest BCUT2D eigenvalue weighted by atomic mass is 19.1. The first-order valence-corrected chi connectivity index (χ1v) is 5.09.